The minimum atomic E-state index is -0.207. The van der Waals surface area contributed by atoms with Gasteiger partial charge in [-0.15, -0.1) is 0 Å². The summed E-state index contributed by atoms with van der Waals surface area (Å²) < 4.78 is 5.43. The number of benzene rings is 1. The van der Waals surface area contributed by atoms with Crippen LogP contribution in [0.3, 0.4) is 0 Å². The molecule has 5 nitrogen and oxygen atoms in total. The van der Waals surface area contributed by atoms with Crippen molar-refractivity contribution >= 4 is 27.5 Å². The Bertz CT molecular complexity index is 505. The molecule has 0 aliphatic rings. The van der Waals surface area contributed by atoms with Gasteiger partial charge in [-0.3, -0.25) is 4.79 Å². The van der Waals surface area contributed by atoms with Crippen LogP contribution in [0.5, 0.6) is 0 Å². The van der Waals surface area contributed by atoms with Gasteiger partial charge in [0.2, 0.25) is 0 Å². The van der Waals surface area contributed by atoms with Gasteiger partial charge in [-0.2, -0.15) is 0 Å². The number of nitrogens with two attached hydrogens (primary N) is 1. The first-order chi connectivity index (χ1) is 8.15. The first-order valence-corrected chi connectivity index (χ1v) is 5.68. The van der Waals surface area contributed by atoms with Crippen LogP contribution in [0.15, 0.2) is 39.5 Å². The smallest absolute Gasteiger partial charge is 0.251 e. The van der Waals surface area contributed by atoms with Crippen LogP contribution >= 0.6 is 15.9 Å². The maximum absolute atomic E-state index is 11.8. The van der Waals surface area contributed by atoms with E-state index in [1.165, 1.54) is 6.26 Å². The molecule has 0 aliphatic carbocycles. The van der Waals surface area contributed by atoms with Crippen molar-refractivity contribution in [2.75, 3.05) is 5.73 Å². The Kier molecular flexibility index (Phi) is 3.43. The molecule has 88 valence electrons. The zero-order chi connectivity index (χ0) is 12.3. The van der Waals surface area contributed by atoms with Crippen LogP contribution in [0.4, 0.5) is 5.69 Å². The fourth-order valence-electron chi connectivity index (χ4n) is 1.35. The molecule has 3 N–H and O–H groups in total. The summed E-state index contributed by atoms with van der Waals surface area (Å²) >= 11 is 3.28. The average molecular weight is 296 g/mol. The summed E-state index contributed by atoms with van der Waals surface area (Å²) in [6, 6.07) is 6.74. The molecule has 17 heavy (non-hydrogen) atoms. The monoisotopic (exact) mass is 295 g/mol. The molecule has 1 aromatic carbocycles. The van der Waals surface area contributed by atoms with Gasteiger partial charge in [0, 0.05) is 21.8 Å². The molecule has 1 aromatic heterocycles. The van der Waals surface area contributed by atoms with Crippen LogP contribution in [-0.4, -0.2) is 11.1 Å². The molecule has 2 aromatic rings. The molecule has 1 heterocycles. The molecule has 1 amide bonds. The number of carbonyl (C=O) groups is 1. The molecular formula is C11H10BrN3O2. The highest BCUT2D eigenvalue weighted by Gasteiger charge is 2.07. The molecule has 0 spiro atoms. The SMILES string of the molecule is Nc1cc(Br)cc(C(=O)NCc2ccon2)c1. The highest BCUT2D eigenvalue weighted by Crippen LogP contribution is 2.17. The van der Waals surface area contributed by atoms with E-state index in [4.69, 9.17) is 5.73 Å². The minimum absolute atomic E-state index is 0.207. The van der Waals surface area contributed by atoms with E-state index >= 15 is 0 Å². The number of rotatable bonds is 3. The Morgan fingerprint density at radius 3 is 2.94 bits per heavy atom. The molecule has 0 atom stereocenters. The van der Waals surface area contributed by atoms with Crippen molar-refractivity contribution in [2.24, 2.45) is 0 Å². The zero-order valence-corrected chi connectivity index (χ0v) is 10.4. The third-order valence-electron chi connectivity index (χ3n) is 2.10. The number of aromatic nitrogens is 1. The number of nitrogen functional groups attached to an aromatic ring is 1. The van der Waals surface area contributed by atoms with Crippen molar-refractivity contribution in [3.8, 4) is 0 Å². The molecule has 2 rings (SSSR count). The quantitative estimate of drug-likeness (QED) is 0.848. The van der Waals surface area contributed by atoms with Gasteiger partial charge in [0.05, 0.1) is 6.54 Å². The Labute approximate surface area is 106 Å². The number of hydrogen-bond acceptors (Lipinski definition) is 4. The number of carbonyl (C=O) groups excluding carboxylic acids is 1. The van der Waals surface area contributed by atoms with Gasteiger partial charge < -0.3 is 15.6 Å². The lowest BCUT2D eigenvalue weighted by Gasteiger charge is -2.04. The van der Waals surface area contributed by atoms with Crippen molar-refractivity contribution in [3.63, 3.8) is 0 Å². The maximum atomic E-state index is 11.8. The van der Waals surface area contributed by atoms with Crippen LogP contribution in [0.1, 0.15) is 16.1 Å². The molecule has 0 aliphatic heterocycles. The lowest BCUT2D eigenvalue weighted by Crippen LogP contribution is -2.23. The lowest BCUT2D eigenvalue weighted by molar-refractivity contribution is 0.0950. The third-order valence-corrected chi connectivity index (χ3v) is 2.56. The van der Waals surface area contributed by atoms with E-state index < -0.39 is 0 Å². The summed E-state index contributed by atoms with van der Waals surface area (Å²) in [6.45, 7) is 0.321. The number of anilines is 1. The molecular weight excluding hydrogens is 286 g/mol. The average Bonchev–Trinajstić information content (AvgIpc) is 2.77. The Balaban J connectivity index is 2.04. The van der Waals surface area contributed by atoms with E-state index in [9.17, 15) is 4.79 Å². The second-order valence-corrected chi connectivity index (χ2v) is 4.36. The Morgan fingerprint density at radius 2 is 2.29 bits per heavy atom. The van der Waals surface area contributed by atoms with Gasteiger partial charge in [-0.05, 0) is 18.2 Å². The lowest BCUT2D eigenvalue weighted by atomic mass is 10.2. The highest BCUT2D eigenvalue weighted by atomic mass is 79.9. The standard InChI is InChI=1S/C11H10BrN3O2/c12-8-3-7(4-9(13)5-8)11(16)14-6-10-1-2-17-15-10/h1-5H,6,13H2,(H,14,16). The summed E-state index contributed by atoms with van der Waals surface area (Å²) in [5, 5.41) is 6.41. The summed E-state index contributed by atoms with van der Waals surface area (Å²) in [6.07, 6.45) is 1.46. The van der Waals surface area contributed by atoms with Crippen LogP contribution in [0.2, 0.25) is 0 Å². The van der Waals surface area contributed by atoms with Crippen molar-refractivity contribution in [1.82, 2.24) is 10.5 Å². The second-order valence-electron chi connectivity index (χ2n) is 3.45. The summed E-state index contributed by atoms with van der Waals surface area (Å²) in [5.74, 6) is -0.207. The first-order valence-electron chi connectivity index (χ1n) is 4.88. The summed E-state index contributed by atoms with van der Waals surface area (Å²) in [4.78, 5) is 11.8. The number of nitrogens with zero attached hydrogens (tertiary/aromatic N) is 1. The van der Waals surface area contributed by atoms with Crippen LogP contribution < -0.4 is 11.1 Å². The van der Waals surface area contributed by atoms with E-state index in [0.717, 1.165) is 4.47 Å². The fourth-order valence-corrected chi connectivity index (χ4v) is 1.86. The van der Waals surface area contributed by atoms with Crippen molar-refractivity contribution in [1.29, 1.82) is 0 Å². The van der Waals surface area contributed by atoms with Gasteiger partial charge in [-0.25, -0.2) is 0 Å². The van der Waals surface area contributed by atoms with E-state index in [2.05, 4.69) is 30.9 Å². The van der Waals surface area contributed by atoms with E-state index in [1.54, 1.807) is 24.3 Å². The van der Waals surface area contributed by atoms with Crippen molar-refractivity contribution in [2.45, 2.75) is 6.54 Å². The molecule has 0 saturated carbocycles. The van der Waals surface area contributed by atoms with Gasteiger partial charge in [0.1, 0.15) is 12.0 Å². The number of hydrogen-bond donors (Lipinski definition) is 2. The van der Waals surface area contributed by atoms with Crippen molar-refractivity contribution in [3.05, 3.63) is 46.3 Å². The molecule has 0 unspecified atom stereocenters. The van der Waals surface area contributed by atoms with Crippen LogP contribution in [0, 0.1) is 0 Å². The fraction of sp³-hybridized carbons (Fsp3) is 0.0909. The largest absolute Gasteiger partial charge is 0.399 e. The first kappa shape index (κ1) is 11.7. The Hall–Kier alpha value is -1.82. The maximum Gasteiger partial charge on any atom is 0.251 e. The van der Waals surface area contributed by atoms with Crippen LogP contribution in [-0.2, 0) is 6.54 Å². The van der Waals surface area contributed by atoms with E-state index in [1.807, 2.05) is 0 Å². The number of amides is 1. The van der Waals surface area contributed by atoms with Crippen molar-refractivity contribution < 1.29 is 9.32 Å². The number of nitrogens with one attached hydrogen (secondary N) is 1. The zero-order valence-electron chi connectivity index (χ0n) is 8.81. The van der Waals surface area contributed by atoms with E-state index in [0.29, 0.717) is 23.5 Å². The van der Waals surface area contributed by atoms with Gasteiger partial charge in [0.15, 0.2) is 0 Å². The van der Waals surface area contributed by atoms with Gasteiger partial charge >= 0.3 is 0 Å². The topological polar surface area (TPSA) is 81.2 Å². The predicted molar refractivity (Wildman–Crippen MR) is 66.2 cm³/mol. The summed E-state index contributed by atoms with van der Waals surface area (Å²) in [5.41, 5.74) is 7.35. The molecule has 0 radical (unpaired) electrons. The summed E-state index contributed by atoms with van der Waals surface area (Å²) in [7, 11) is 0. The Morgan fingerprint density at radius 1 is 1.47 bits per heavy atom. The third kappa shape index (κ3) is 3.07. The molecule has 0 bridgehead atoms. The van der Waals surface area contributed by atoms with E-state index in [-0.39, 0.29) is 5.91 Å². The van der Waals surface area contributed by atoms with Gasteiger partial charge in [0.25, 0.3) is 5.91 Å². The molecule has 0 saturated heterocycles. The van der Waals surface area contributed by atoms with Crippen LogP contribution in [0.25, 0.3) is 0 Å². The predicted octanol–water partition coefficient (Wildman–Crippen LogP) is 1.95. The second kappa shape index (κ2) is 5.01. The normalized spacial score (nSPS) is 10.2. The van der Waals surface area contributed by atoms with Gasteiger partial charge in [-0.1, -0.05) is 21.1 Å². The minimum Gasteiger partial charge on any atom is -0.399 e. The number of halogens is 1. The molecule has 6 heteroatoms. The molecule has 0 fully saturated rings. The highest BCUT2D eigenvalue weighted by molar-refractivity contribution is 9.10.